The lowest BCUT2D eigenvalue weighted by Crippen LogP contribution is -2.27. The lowest BCUT2D eigenvalue weighted by atomic mass is 9.88. The Hall–Kier alpha value is -0.760. The second-order valence-corrected chi connectivity index (χ2v) is 4.31. The predicted octanol–water partition coefficient (Wildman–Crippen LogP) is 1.95. The highest BCUT2D eigenvalue weighted by molar-refractivity contribution is 5.19. The summed E-state index contributed by atoms with van der Waals surface area (Å²) in [6.07, 6.45) is 2.83. The first-order valence-electron chi connectivity index (χ1n) is 4.43. The van der Waals surface area contributed by atoms with Crippen molar-refractivity contribution in [1.29, 1.82) is 0 Å². The number of nitrogens with one attached hydrogen (secondary N) is 1. The van der Waals surface area contributed by atoms with Crippen LogP contribution in [0.4, 0.5) is 0 Å². The van der Waals surface area contributed by atoms with Crippen molar-refractivity contribution in [1.82, 2.24) is 5.32 Å². The van der Waals surface area contributed by atoms with Crippen molar-refractivity contribution in [2.45, 2.75) is 26.8 Å². The smallest absolute Gasteiger partial charge is 0.108 e. The summed E-state index contributed by atoms with van der Waals surface area (Å²) >= 11 is 0. The molecular weight excluding hydrogens is 150 g/mol. The third-order valence-corrected chi connectivity index (χ3v) is 2.40. The largest absolute Gasteiger partial charge is 0.469 e. The van der Waals surface area contributed by atoms with Gasteiger partial charge in [-0.2, -0.15) is 0 Å². The van der Waals surface area contributed by atoms with E-state index in [1.807, 2.05) is 0 Å². The second-order valence-electron chi connectivity index (χ2n) is 4.31. The first kappa shape index (κ1) is 7.87. The monoisotopic (exact) mass is 165 g/mol. The Morgan fingerprint density at radius 1 is 1.50 bits per heavy atom. The molecular formula is C10H15NO. The molecule has 1 aliphatic heterocycles. The Morgan fingerprint density at radius 2 is 2.33 bits per heavy atom. The summed E-state index contributed by atoms with van der Waals surface area (Å²) in [7, 11) is 0. The van der Waals surface area contributed by atoms with Crippen LogP contribution < -0.4 is 5.32 Å². The maximum atomic E-state index is 5.43. The quantitative estimate of drug-likeness (QED) is 0.635. The lowest BCUT2D eigenvalue weighted by molar-refractivity contribution is 0.323. The van der Waals surface area contributed by atoms with Gasteiger partial charge in [0, 0.05) is 25.1 Å². The molecule has 0 aromatic carbocycles. The Bertz CT molecular complexity index is 275. The molecule has 1 aromatic rings. The standard InChI is InChI=1S/C10H15NO/c1-10(2)5-9-8(3-4-12-9)6-11-7-10/h3-4,11H,5-7H2,1-2H3. The summed E-state index contributed by atoms with van der Waals surface area (Å²) in [5.74, 6) is 1.16. The van der Waals surface area contributed by atoms with Crippen LogP contribution in [0.5, 0.6) is 0 Å². The maximum absolute atomic E-state index is 5.43. The van der Waals surface area contributed by atoms with Gasteiger partial charge in [0.25, 0.3) is 0 Å². The van der Waals surface area contributed by atoms with Gasteiger partial charge in [0.15, 0.2) is 0 Å². The minimum absolute atomic E-state index is 0.323. The van der Waals surface area contributed by atoms with E-state index in [0.717, 1.165) is 25.3 Å². The number of furan rings is 1. The van der Waals surface area contributed by atoms with Gasteiger partial charge in [-0.25, -0.2) is 0 Å². The van der Waals surface area contributed by atoms with Gasteiger partial charge in [-0.3, -0.25) is 0 Å². The van der Waals surface area contributed by atoms with Crippen LogP contribution in [0.1, 0.15) is 25.2 Å². The Morgan fingerprint density at radius 3 is 3.17 bits per heavy atom. The highest BCUT2D eigenvalue weighted by Gasteiger charge is 2.24. The fourth-order valence-electron chi connectivity index (χ4n) is 1.71. The zero-order chi connectivity index (χ0) is 8.60. The molecule has 2 heterocycles. The van der Waals surface area contributed by atoms with E-state index < -0.39 is 0 Å². The summed E-state index contributed by atoms with van der Waals surface area (Å²) in [4.78, 5) is 0. The molecule has 0 spiro atoms. The van der Waals surface area contributed by atoms with Crippen molar-refractivity contribution >= 4 is 0 Å². The van der Waals surface area contributed by atoms with Gasteiger partial charge in [0.2, 0.25) is 0 Å². The fraction of sp³-hybridized carbons (Fsp3) is 0.600. The molecule has 0 saturated carbocycles. The van der Waals surface area contributed by atoms with Crippen molar-refractivity contribution in [3.05, 3.63) is 23.7 Å². The normalized spacial score (nSPS) is 21.5. The summed E-state index contributed by atoms with van der Waals surface area (Å²) < 4.78 is 5.43. The van der Waals surface area contributed by atoms with E-state index in [4.69, 9.17) is 4.42 Å². The number of fused-ring (bicyclic) bond motifs is 1. The van der Waals surface area contributed by atoms with E-state index in [9.17, 15) is 0 Å². The van der Waals surface area contributed by atoms with Gasteiger partial charge in [-0.1, -0.05) is 13.8 Å². The van der Waals surface area contributed by atoms with E-state index in [1.54, 1.807) is 6.26 Å². The van der Waals surface area contributed by atoms with E-state index in [0.29, 0.717) is 5.41 Å². The summed E-state index contributed by atoms with van der Waals surface area (Å²) in [6, 6.07) is 2.06. The van der Waals surface area contributed by atoms with Crippen LogP contribution in [-0.2, 0) is 13.0 Å². The van der Waals surface area contributed by atoms with Gasteiger partial charge in [0.1, 0.15) is 5.76 Å². The molecule has 0 unspecified atom stereocenters. The first-order valence-corrected chi connectivity index (χ1v) is 4.43. The average molecular weight is 165 g/mol. The van der Waals surface area contributed by atoms with E-state index in [-0.39, 0.29) is 0 Å². The summed E-state index contributed by atoms with van der Waals surface area (Å²) in [6.45, 7) is 6.54. The predicted molar refractivity (Wildman–Crippen MR) is 47.9 cm³/mol. The molecule has 66 valence electrons. The van der Waals surface area contributed by atoms with Crippen LogP contribution in [0.2, 0.25) is 0 Å². The van der Waals surface area contributed by atoms with Crippen LogP contribution in [0.3, 0.4) is 0 Å². The molecule has 2 nitrogen and oxygen atoms in total. The zero-order valence-corrected chi connectivity index (χ0v) is 7.68. The SMILES string of the molecule is CC1(C)CNCc2ccoc2C1. The van der Waals surface area contributed by atoms with Gasteiger partial charge in [-0.05, 0) is 11.5 Å². The van der Waals surface area contributed by atoms with Gasteiger partial charge in [-0.15, -0.1) is 0 Å². The molecule has 0 bridgehead atoms. The third-order valence-electron chi connectivity index (χ3n) is 2.40. The first-order chi connectivity index (χ1) is 5.67. The Labute approximate surface area is 73.0 Å². The molecule has 0 atom stereocenters. The molecule has 1 aromatic heterocycles. The van der Waals surface area contributed by atoms with Crippen molar-refractivity contribution in [2.75, 3.05) is 6.54 Å². The van der Waals surface area contributed by atoms with Gasteiger partial charge < -0.3 is 9.73 Å². The van der Waals surface area contributed by atoms with Crippen LogP contribution in [0.25, 0.3) is 0 Å². The lowest BCUT2D eigenvalue weighted by Gasteiger charge is -2.20. The van der Waals surface area contributed by atoms with Crippen molar-refractivity contribution in [3.8, 4) is 0 Å². The molecule has 0 amide bonds. The van der Waals surface area contributed by atoms with Crippen LogP contribution in [-0.4, -0.2) is 6.54 Å². The molecule has 2 rings (SSSR count). The minimum Gasteiger partial charge on any atom is -0.469 e. The molecule has 2 heteroatoms. The highest BCUT2D eigenvalue weighted by Crippen LogP contribution is 2.26. The molecule has 0 aliphatic carbocycles. The highest BCUT2D eigenvalue weighted by atomic mass is 16.3. The van der Waals surface area contributed by atoms with Crippen LogP contribution in [0, 0.1) is 5.41 Å². The second kappa shape index (κ2) is 2.63. The minimum atomic E-state index is 0.323. The average Bonchev–Trinajstić information content (AvgIpc) is 2.31. The topological polar surface area (TPSA) is 25.2 Å². The van der Waals surface area contributed by atoms with E-state index >= 15 is 0 Å². The van der Waals surface area contributed by atoms with E-state index in [2.05, 4.69) is 25.2 Å². The molecule has 0 fully saturated rings. The Balaban J connectivity index is 2.30. The third kappa shape index (κ3) is 1.39. The molecule has 0 radical (unpaired) electrons. The van der Waals surface area contributed by atoms with Gasteiger partial charge in [0.05, 0.1) is 6.26 Å². The number of hydrogen-bond donors (Lipinski definition) is 1. The zero-order valence-electron chi connectivity index (χ0n) is 7.68. The number of hydrogen-bond acceptors (Lipinski definition) is 2. The molecule has 12 heavy (non-hydrogen) atoms. The maximum Gasteiger partial charge on any atom is 0.108 e. The van der Waals surface area contributed by atoms with Crippen molar-refractivity contribution in [2.24, 2.45) is 5.41 Å². The Kier molecular flexibility index (Phi) is 1.72. The summed E-state index contributed by atoms with van der Waals surface area (Å²) in [5, 5.41) is 3.42. The molecule has 1 aliphatic rings. The fourth-order valence-corrected chi connectivity index (χ4v) is 1.71. The van der Waals surface area contributed by atoms with E-state index in [1.165, 1.54) is 5.56 Å². The van der Waals surface area contributed by atoms with Crippen molar-refractivity contribution in [3.63, 3.8) is 0 Å². The molecule has 1 N–H and O–H groups in total. The van der Waals surface area contributed by atoms with Crippen LogP contribution in [0.15, 0.2) is 16.7 Å². The summed E-state index contributed by atoms with van der Waals surface area (Å²) in [5.41, 5.74) is 1.64. The van der Waals surface area contributed by atoms with Crippen molar-refractivity contribution < 1.29 is 4.42 Å². The number of rotatable bonds is 0. The molecule has 0 saturated heterocycles. The van der Waals surface area contributed by atoms with Crippen LogP contribution >= 0.6 is 0 Å². The van der Waals surface area contributed by atoms with Gasteiger partial charge >= 0.3 is 0 Å².